The molecular weight excluding hydrogens is 312 g/mol. The van der Waals surface area contributed by atoms with Crippen molar-refractivity contribution >= 4 is 23.2 Å². The molecule has 0 saturated carbocycles. The maximum Gasteiger partial charge on any atom is 0.255 e. The van der Waals surface area contributed by atoms with Gasteiger partial charge in [-0.2, -0.15) is 19.6 Å². The molecule has 7 heteroatoms. The minimum absolute atomic E-state index is 0.226. The van der Waals surface area contributed by atoms with E-state index in [2.05, 4.69) is 46.1 Å². The topological polar surface area (TPSA) is 68.0 Å². The molecule has 0 fully saturated rings. The second-order valence-electron chi connectivity index (χ2n) is 5.99. The van der Waals surface area contributed by atoms with Gasteiger partial charge in [0.15, 0.2) is 0 Å². The van der Waals surface area contributed by atoms with Crippen molar-refractivity contribution in [3.8, 4) is 11.3 Å². The number of hydrogen-bond donors (Lipinski definition) is 1. The number of halogens is 1. The minimum Gasteiger partial charge on any atom is -0.367 e. The van der Waals surface area contributed by atoms with Crippen LogP contribution in [0.4, 0.5) is 5.82 Å². The first-order valence-electron chi connectivity index (χ1n) is 7.56. The van der Waals surface area contributed by atoms with Gasteiger partial charge in [-0.25, -0.2) is 0 Å². The van der Waals surface area contributed by atoms with Crippen LogP contribution in [0.2, 0.25) is 5.15 Å². The lowest BCUT2D eigenvalue weighted by atomic mass is 10.1. The summed E-state index contributed by atoms with van der Waals surface area (Å²) in [6.45, 7) is 8.45. The van der Waals surface area contributed by atoms with Gasteiger partial charge in [-0.1, -0.05) is 25.4 Å². The first-order valence-corrected chi connectivity index (χ1v) is 7.94. The van der Waals surface area contributed by atoms with E-state index >= 15 is 0 Å². The molecular formula is C16H19ClN6. The summed E-state index contributed by atoms with van der Waals surface area (Å²) in [5, 5.41) is 8.13. The molecule has 0 aliphatic rings. The van der Waals surface area contributed by atoms with E-state index in [1.165, 1.54) is 6.33 Å². The van der Waals surface area contributed by atoms with Crippen LogP contribution in [0.1, 0.15) is 26.3 Å². The highest BCUT2D eigenvalue weighted by Gasteiger charge is 2.20. The molecule has 3 aromatic rings. The first-order chi connectivity index (χ1) is 11.0. The van der Waals surface area contributed by atoms with Crippen LogP contribution < -0.4 is 5.32 Å². The third-order valence-electron chi connectivity index (χ3n) is 3.92. The zero-order chi connectivity index (χ0) is 16.6. The number of pyridine rings is 1. The maximum absolute atomic E-state index is 6.44. The minimum atomic E-state index is 0.226. The smallest absolute Gasteiger partial charge is 0.255 e. The fourth-order valence-electron chi connectivity index (χ4n) is 2.23. The molecule has 0 aromatic carbocycles. The molecule has 23 heavy (non-hydrogen) atoms. The third-order valence-corrected chi connectivity index (χ3v) is 4.19. The molecule has 0 spiro atoms. The van der Waals surface area contributed by atoms with Crippen LogP contribution in [0.5, 0.6) is 0 Å². The average molecular weight is 331 g/mol. The van der Waals surface area contributed by atoms with Crippen LogP contribution in [0.15, 0.2) is 24.7 Å². The molecule has 1 atom stereocenters. The number of nitrogens with zero attached hydrogens (tertiary/aromatic N) is 5. The van der Waals surface area contributed by atoms with Crippen LogP contribution in [0.3, 0.4) is 0 Å². The number of anilines is 1. The zero-order valence-electron chi connectivity index (χ0n) is 13.6. The Morgan fingerprint density at radius 3 is 2.70 bits per heavy atom. The highest BCUT2D eigenvalue weighted by Crippen LogP contribution is 2.33. The Morgan fingerprint density at radius 1 is 1.22 bits per heavy atom. The number of rotatable bonds is 4. The van der Waals surface area contributed by atoms with Crippen molar-refractivity contribution in [1.29, 1.82) is 0 Å². The van der Waals surface area contributed by atoms with Gasteiger partial charge in [0.25, 0.3) is 5.78 Å². The van der Waals surface area contributed by atoms with E-state index in [4.69, 9.17) is 11.6 Å². The average Bonchev–Trinajstić information content (AvgIpc) is 2.95. The lowest BCUT2D eigenvalue weighted by Crippen LogP contribution is -2.24. The summed E-state index contributed by atoms with van der Waals surface area (Å²) in [5.74, 6) is 1.67. The van der Waals surface area contributed by atoms with Crippen LogP contribution in [0, 0.1) is 12.8 Å². The predicted molar refractivity (Wildman–Crippen MR) is 91.7 cm³/mol. The van der Waals surface area contributed by atoms with Gasteiger partial charge in [0.1, 0.15) is 17.3 Å². The highest BCUT2D eigenvalue weighted by molar-refractivity contribution is 6.32. The molecule has 120 valence electrons. The van der Waals surface area contributed by atoms with Crippen LogP contribution >= 0.6 is 11.6 Å². The second-order valence-corrected chi connectivity index (χ2v) is 6.35. The van der Waals surface area contributed by atoms with Crippen LogP contribution in [0.25, 0.3) is 17.0 Å². The molecule has 0 aliphatic carbocycles. The standard InChI is InChI=1S/C16H19ClN6/c1-9(2)11(4)21-15-13(12-7-10(3)5-6-18-12)14(17)22-16-19-8-20-23(15)16/h5-9,11,21H,1-4H3/t11-/m1/s1. The molecule has 0 aliphatic heterocycles. The Balaban J connectivity index is 2.24. The molecule has 0 amide bonds. The Bertz CT molecular complexity index is 842. The molecule has 0 unspecified atom stereocenters. The molecule has 6 nitrogen and oxygen atoms in total. The van der Waals surface area contributed by atoms with Crippen molar-refractivity contribution in [2.45, 2.75) is 33.7 Å². The SMILES string of the molecule is Cc1ccnc(-c2c(Cl)nc3ncnn3c2N[C@H](C)C(C)C)c1. The number of aromatic nitrogens is 5. The fourth-order valence-corrected chi connectivity index (χ4v) is 2.49. The third kappa shape index (κ3) is 2.99. The number of hydrogen-bond acceptors (Lipinski definition) is 5. The van der Waals surface area contributed by atoms with E-state index in [0.29, 0.717) is 16.8 Å². The summed E-state index contributed by atoms with van der Waals surface area (Å²) < 4.78 is 1.67. The molecule has 0 radical (unpaired) electrons. The van der Waals surface area contributed by atoms with Crippen molar-refractivity contribution in [3.05, 3.63) is 35.4 Å². The molecule has 3 rings (SSSR count). The normalized spacial score (nSPS) is 12.8. The van der Waals surface area contributed by atoms with Crippen LogP contribution in [-0.4, -0.2) is 30.6 Å². The Labute approximate surface area is 139 Å². The number of aryl methyl sites for hydroxylation is 1. The fraction of sp³-hybridized carbons (Fsp3) is 0.375. The molecule has 1 N–H and O–H groups in total. The van der Waals surface area contributed by atoms with Gasteiger partial charge in [-0.3, -0.25) is 4.98 Å². The quantitative estimate of drug-likeness (QED) is 0.740. The molecule has 3 heterocycles. The van der Waals surface area contributed by atoms with Crippen molar-refractivity contribution < 1.29 is 0 Å². The van der Waals surface area contributed by atoms with Crippen LogP contribution in [-0.2, 0) is 0 Å². The Kier molecular flexibility index (Phi) is 4.17. The van der Waals surface area contributed by atoms with Crippen molar-refractivity contribution in [2.24, 2.45) is 5.92 Å². The van der Waals surface area contributed by atoms with E-state index in [1.807, 2.05) is 19.1 Å². The monoisotopic (exact) mass is 330 g/mol. The highest BCUT2D eigenvalue weighted by atomic mass is 35.5. The molecule has 0 saturated heterocycles. The van der Waals surface area contributed by atoms with Gasteiger partial charge in [0.05, 0.1) is 11.3 Å². The van der Waals surface area contributed by atoms with E-state index in [0.717, 1.165) is 22.6 Å². The lowest BCUT2D eigenvalue weighted by molar-refractivity contribution is 0.556. The summed E-state index contributed by atoms with van der Waals surface area (Å²) >= 11 is 6.44. The van der Waals surface area contributed by atoms with Gasteiger partial charge < -0.3 is 5.32 Å². The lowest BCUT2D eigenvalue weighted by Gasteiger charge is -2.21. The van der Waals surface area contributed by atoms with Crippen molar-refractivity contribution in [2.75, 3.05) is 5.32 Å². The van der Waals surface area contributed by atoms with Crippen molar-refractivity contribution in [3.63, 3.8) is 0 Å². The molecule has 3 aromatic heterocycles. The van der Waals surface area contributed by atoms with E-state index < -0.39 is 0 Å². The summed E-state index contributed by atoms with van der Waals surface area (Å²) in [5.41, 5.74) is 2.60. The number of fused-ring (bicyclic) bond motifs is 1. The zero-order valence-corrected chi connectivity index (χ0v) is 14.3. The van der Waals surface area contributed by atoms with Gasteiger partial charge in [0.2, 0.25) is 0 Å². The Hall–Kier alpha value is -2.21. The van der Waals surface area contributed by atoms with E-state index in [1.54, 1.807) is 10.7 Å². The van der Waals surface area contributed by atoms with Crippen molar-refractivity contribution in [1.82, 2.24) is 24.6 Å². The summed E-state index contributed by atoms with van der Waals surface area (Å²) in [6, 6.07) is 4.16. The Morgan fingerprint density at radius 2 is 2.00 bits per heavy atom. The predicted octanol–water partition coefficient (Wildman–Crippen LogP) is 3.60. The van der Waals surface area contributed by atoms with Gasteiger partial charge in [-0.15, -0.1) is 0 Å². The van der Waals surface area contributed by atoms with Gasteiger partial charge in [0, 0.05) is 12.2 Å². The van der Waals surface area contributed by atoms with Gasteiger partial charge in [-0.05, 0) is 37.5 Å². The molecule has 0 bridgehead atoms. The van der Waals surface area contributed by atoms with Gasteiger partial charge >= 0.3 is 0 Å². The maximum atomic E-state index is 6.44. The summed E-state index contributed by atoms with van der Waals surface area (Å²) in [4.78, 5) is 12.9. The first kappa shape index (κ1) is 15.7. The van der Waals surface area contributed by atoms with E-state index in [-0.39, 0.29) is 6.04 Å². The summed E-state index contributed by atoms with van der Waals surface area (Å²) in [6.07, 6.45) is 3.24. The largest absolute Gasteiger partial charge is 0.367 e. The second kappa shape index (κ2) is 6.12. The van der Waals surface area contributed by atoms with E-state index in [9.17, 15) is 0 Å². The number of nitrogens with one attached hydrogen (secondary N) is 1. The summed E-state index contributed by atoms with van der Waals surface area (Å²) in [7, 11) is 0.